The molecule has 25 heavy (non-hydrogen) atoms. The van der Waals surface area contributed by atoms with E-state index in [-0.39, 0.29) is 11.5 Å². The molecule has 1 aliphatic heterocycles. The zero-order chi connectivity index (χ0) is 18.6. The molecule has 0 N–H and O–H groups in total. The molecule has 0 saturated carbocycles. The third-order valence-corrected chi connectivity index (χ3v) is 4.59. The molecule has 6 nitrogen and oxygen atoms in total. The maximum absolute atomic E-state index is 13.3. The van der Waals surface area contributed by atoms with Crippen LogP contribution in [0.3, 0.4) is 0 Å². The molecule has 0 unspecified atom stereocenters. The molecule has 1 aromatic heterocycles. The van der Waals surface area contributed by atoms with Crippen molar-refractivity contribution in [1.82, 2.24) is 14.7 Å². The highest BCUT2D eigenvalue weighted by Crippen LogP contribution is 2.18. The Hall–Kier alpha value is -1.76. The van der Waals surface area contributed by atoms with Gasteiger partial charge in [-0.2, -0.15) is 5.10 Å². The van der Waals surface area contributed by atoms with Crippen LogP contribution in [0.4, 0.5) is 4.39 Å². The Morgan fingerprint density at radius 3 is 2.76 bits per heavy atom. The topological polar surface area (TPSA) is 64.4 Å². The first-order valence-electron chi connectivity index (χ1n) is 8.85. The average molecular weight is 353 g/mol. The number of carbonyl (C=O) groups excluding carboxylic acids is 1. The maximum Gasteiger partial charge on any atom is 0.330 e. The molecule has 0 amide bonds. The van der Waals surface area contributed by atoms with Gasteiger partial charge in [-0.25, -0.2) is 13.9 Å². The van der Waals surface area contributed by atoms with Crippen molar-refractivity contribution in [2.45, 2.75) is 52.2 Å². The summed E-state index contributed by atoms with van der Waals surface area (Å²) < 4.78 is 19.4. The number of rotatable bonds is 7. The molecule has 0 aromatic carbocycles. The van der Waals surface area contributed by atoms with E-state index in [0.717, 1.165) is 17.8 Å². The number of alkyl halides is 1. The lowest BCUT2D eigenvalue weighted by atomic mass is 10.0. The number of ether oxygens (including phenoxy) is 1. The lowest BCUT2D eigenvalue weighted by molar-refractivity contribution is -0.145. The van der Waals surface area contributed by atoms with Crippen LogP contribution in [0.1, 0.15) is 44.0 Å². The van der Waals surface area contributed by atoms with Gasteiger partial charge < -0.3 is 4.74 Å². The first-order chi connectivity index (χ1) is 11.8. The first-order valence-corrected chi connectivity index (χ1v) is 8.85. The molecule has 140 valence electrons. The molecular formula is C18H28FN3O3. The van der Waals surface area contributed by atoms with Gasteiger partial charge in [0.2, 0.25) is 0 Å². The molecule has 1 saturated heterocycles. The molecule has 2 atom stereocenters. The summed E-state index contributed by atoms with van der Waals surface area (Å²) in [7, 11) is 1.32. The lowest BCUT2D eigenvalue weighted by Gasteiger charge is -2.20. The average Bonchev–Trinajstić information content (AvgIpc) is 2.96. The Bertz CT molecular complexity index is 659. The van der Waals surface area contributed by atoms with Gasteiger partial charge in [-0.15, -0.1) is 0 Å². The minimum atomic E-state index is -0.752. The summed E-state index contributed by atoms with van der Waals surface area (Å²) in [4.78, 5) is 26.6. The van der Waals surface area contributed by atoms with Crippen LogP contribution >= 0.6 is 0 Å². The number of esters is 1. The second kappa shape index (κ2) is 8.56. The minimum Gasteiger partial charge on any atom is -0.467 e. The minimum absolute atomic E-state index is 0.216. The van der Waals surface area contributed by atoms with Gasteiger partial charge >= 0.3 is 5.97 Å². The largest absolute Gasteiger partial charge is 0.467 e. The van der Waals surface area contributed by atoms with Crippen molar-refractivity contribution in [3.63, 3.8) is 0 Å². The highest BCUT2D eigenvalue weighted by Gasteiger charge is 2.26. The smallest absolute Gasteiger partial charge is 0.330 e. The van der Waals surface area contributed by atoms with Crippen LogP contribution in [0.25, 0.3) is 0 Å². The molecule has 1 aromatic rings. The van der Waals surface area contributed by atoms with E-state index in [4.69, 9.17) is 4.74 Å². The monoisotopic (exact) mass is 353 g/mol. The second-order valence-electron chi connectivity index (χ2n) is 7.16. The molecule has 7 heteroatoms. The van der Waals surface area contributed by atoms with Gasteiger partial charge in [0.15, 0.2) is 6.04 Å². The molecule has 2 rings (SSSR count). The Kier molecular flexibility index (Phi) is 6.70. The molecule has 1 aliphatic rings. The highest BCUT2D eigenvalue weighted by atomic mass is 19.1. The van der Waals surface area contributed by atoms with Crippen molar-refractivity contribution in [3.8, 4) is 0 Å². The van der Waals surface area contributed by atoms with E-state index in [1.54, 1.807) is 0 Å². The first kappa shape index (κ1) is 19.6. The Morgan fingerprint density at radius 2 is 2.20 bits per heavy atom. The Morgan fingerprint density at radius 1 is 1.48 bits per heavy atom. The number of nitrogens with zero attached hydrogens (tertiary/aromatic N) is 3. The SMILES string of the molecule is COC(=O)[C@H](CC(C)C)n1nc(CCN2CC[C@@H](F)C2)c(C)cc1=O. The number of hydrogen-bond acceptors (Lipinski definition) is 5. The number of aromatic nitrogens is 2. The summed E-state index contributed by atoms with van der Waals surface area (Å²) in [5.74, 6) is -0.244. The van der Waals surface area contributed by atoms with Gasteiger partial charge in [0.1, 0.15) is 6.17 Å². The quantitative estimate of drug-likeness (QED) is 0.701. The van der Waals surface area contributed by atoms with Crippen LogP contribution < -0.4 is 5.56 Å². The van der Waals surface area contributed by atoms with Crippen LogP contribution in [0.15, 0.2) is 10.9 Å². The van der Waals surface area contributed by atoms with Gasteiger partial charge in [-0.1, -0.05) is 13.8 Å². The van der Waals surface area contributed by atoms with Crippen LogP contribution in [0.5, 0.6) is 0 Å². The number of hydrogen-bond donors (Lipinski definition) is 0. The van der Waals surface area contributed by atoms with Crippen LogP contribution in [0, 0.1) is 12.8 Å². The van der Waals surface area contributed by atoms with E-state index in [2.05, 4.69) is 10.00 Å². The third-order valence-electron chi connectivity index (χ3n) is 4.59. The van der Waals surface area contributed by atoms with Crippen LogP contribution in [-0.4, -0.2) is 53.6 Å². The summed E-state index contributed by atoms with van der Waals surface area (Å²) in [6.45, 7) is 7.70. The normalized spacial score (nSPS) is 19.4. The van der Waals surface area contributed by atoms with Crippen molar-refractivity contribution in [2.24, 2.45) is 5.92 Å². The summed E-state index contributed by atoms with van der Waals surface area (Å²) >= 11 is 0. The summed E-state index contributed by atoms with van der Waals surface area (Å²) in [6.07, 6.45) is 0.925. The predicted octanol–water partition coefficient (Wildman–Crippen LogP) is 1.90. The summed E-state index contributed by atoms with van der Waals surface area (Å²) in [6, 6.07) is 0.791. The highest BCUT2D eigenvalue weighted by molar-refractivity contribution is 5.73. The van der Waals surface area contributed by atoms with E-state index in [9.17, 15) is 14.0 Å². The zero-order valence-electron chi connectivity index (χ0n) is 15.5. The van der Waals surface area contributed by atoms with Gasteiger partial charge in [-0.3, -0.25) is 9.69 Å². The van der Waals surface area contributed by atoms with Crippen molar-refractivity contribution >= 4 is 5.97 Å². The molecule has 0 spiro atoms. The second-order valence-corrected chi connectivity index (χ2v) is 7.16. The fraction of sp³-hybridized carbons (Fsp3) is 0.722. The van der Waals surface area contributed by atoms with Crippen molar-refractivity contribution < 1.29 is 13.9 Å². The fourth-order valence-corrected chi connectivity index (χ4v) is 3.19. The summed E-state index contributed by atoms with van der Waals surface area (Å²) in [5.41, 5.74) is 1.26. The number of carbonyl (C=O) groups is 1. The molecule has 1 fully saturated rings. The number of methoxy groups -OCH3 is 1. The third kappa shape index (κ3) is 5.11. The van der Waals surface area contributed by atoms with E-state index in [1.165, 1.54) is 17.9 Å². The Labute approximate surface area is 148 Å². The number of aryl methyl sites for hydroxylation is 1. The maximum atomic E-state index is 13.3. The number of likely N-dealkylation sites (tertiary alicyclic amines) is 1. The van der Waals surface area contributed by atoms with Crippen molar-refractivity contribution in [3.05, 3.63) is 27.7 Å². The molecule has 0 bridgehead atoms. The molecule has 0 radical (unpaired) electrons. The van der Waals surface area contributed by atoms with E-state index < -0.39 is 18.2 Å². The van der Waals surface area contributed by atoms with E-state index in [1.807, 2.05) is 20.8 Å². The van der Waals surface area contributed by atoms with Crippen LogP contribution in [-0.2, 0) is 16.0 Å². The zero-order valence-corrected chi connectivity index (χ0v) is 15.5. The van der Waals surface area contributed by atoms with E-state index in [0.29, 0.717) is 32.4 Å². The summed E-state index contributed by atoms with van der Waals surface area (Å²) in [5, 5.41) is 4.46. The van der Waals surface area contributed by atoms with Gasteiger partial charge in [0.05, 0.1) is 12.8 Å². The van der Waals surface area contributed by atoms with Crippen molar-refractivity contribution in [2.75, 3.05) is 26.7 Å². The van der Waals surface area contributed by atoms with E-state index >= 15 is 0 Å². The van der Waals surface area contributed by atoms with Gasteiger partial charge in [0.25, 0.3) is 5.56 Å². The van der Waals surface area contributed by atoms with Gasteiger partial charge in [0, 0.05) is 32.1 Å². The molecule has 2 heterocycles. The fourth-order valence-electron chi connectivity index (χ4n) is 3.19. The predicted molar refractivity (Wildman–Crippen MR) is 93.4 cm³/mol. The van der Waals surface area contributed by atoms with Gasteiger partial charge in [-0.05, 0) is 31.2 Å². The Balaban J connectivity index is 2.22. The van der Waals surface area contributed by atoms with Crippen molar-refractivity contribution in [1.29, 1.82) is 0 Å². The lowest BCUT2D eigenvalue weighted by Crippen LogP contribution is -2.35. The van der Waals surface area contributed by atoms with Crippen LogP contribution in [0.2, 0.25) is 0 Å². The number of halogens is 1. The molecular weight excluding hydrogens is 325 g/mol. The standard InChI is InChI=1S/C18H28FN3O3/c1-12(2)9-16(18(24)25-4)22-17(23)10-13(3)15(20-22)6-8-21-7-5-14(19)11-21/h10,12,14,16H,5-9,11H2,1-4H3/t14-,16+/m1/s1. The molecule has 0 aliphatic carbocycles.